The van der Waals surface area contributed by atoms with Crippen molar-refractivity contribution in [2.75, 3.05) is 0 Å². The fraction of sp³-hybridized carbons (Fsp3) is 0.350. The standard InChI is InChI=1S/C20H24N2O3S/c1-14(16-8-10-19(11-9-16)26(21,24)25)22-20(23)13-15-6-7-17-4-2-3-5-18(17)12-15/h6-12,14H,2-5,13H2,1H3,(H,22,23)(H2,21,24,25). The van der Waals surface area contributed by atoms with Crippen LogP contribution >= 0.6 is 0 Å². The predicted octanol–water partition coefficient (Wildman–Crippen LogP) is 2.63. The normalized spacial score (nSPS) is 15.2. The number of nitrogens with one attached hydrogen (secondary N) is 1. The van der Waals surface area contributed by atoms with Crippen molar-refractivity contribution in [3.8, 4) is 0 Å². The van der Waals surface area contributed by atoms with E-state index in [1.807, 2.05) is 13.0 Å². The molecule has 138 valence electrons. The second-order valence-corrected chi connectivity index (χ2v) is 8.45. The molecular formula is C20H24N2O3S. The Kier molecular flexibility index (Phi) is 5.44. The number of aryl methyl sites for hydroxylation is 2. The molecule has 0 spiro atoms. The van der Waals surface area contributed by atoms with Crippen LogP contribution in [0, 0.1) is 0 Å². The van der Waals surface area contributed by atoms with Crippen molar-refractivity contribution >= 4 is 15.9 Å². The Morgan fingerprint density at radius 2 is 1.73 bits per heavy atom. The van der Waals surface area contributed by atoms with Gasteiger partial charge in [-0.05, 0) is 67.0 Å². The summed E-state index contributed by atoms with van der Waals surface area (Å²) in [6, 6.07) is 12.4. The van der Waals surface area contributed by atoms with Crippen LogP contribution in [0.3, 0.4) is 0 Å². The molecule has 2 aromatic rings. The molecule has 0 fully saturated rings. The molecule has 1 amide bonds. The SMILES string of the molecule is CC(NC(=O)Cc1ccc2c(c1)CCCC2)c1ccc(S(N)(=O)=O)cc1. The number of carbonyl (C=O) groups excluding carboxylic acids is 1. The molecule has 0 saturated carbocycles. The minimum atomic E-state index is -3.70. The molecule has 0 heterocycles. The molecule has 1 aliphatic rings. The van der Waals surface area contributed by atoms with Gasteiger partial charge in [-0.1, -0.05) is 30.3 Å². The van der Waals surface area contributed by atoms with E-state index in [2.05, 4.69) is 17.4 Å². The lowest BCUT2D eigenvalue weighted by molar-refractivity contribution is -0.121. The van der Waals surface area contributed by atoms with Gasteiger partial charge in [0.05, 0.1) is 17.4 Å². The van der Waals surface area contributed by atoms with Crippen LogP contribution in [0.5, 0.6) is 0 Å². The third kappa shape index (κ3) is 4.51. The summed E-state index contributed by atoms with van der Waals surface area (Å²) in [7, 11) is -3.70. The number of hydrogen-bond acceptors (Lipinski definition) is 3. The molecule has 1 aliphatic carbocycles. The molecule has 0 bridgehead atoms. The first kappa shape index (κ1) is 18.6. The second-order valence-electron chi connectivity index (χ2n) is 6.89. The Balaban J connectivity index is 1.62. The van der Waals surface area contributed by atoms with Gasteiger partial charge in [0, 0.05) is 0 Å². The monoisotopic (exact) mass is 372 g/mol. The Labute approximate surface area is 154 Å². The van der Waals surface area contributed by atoms with E-state index in [0.717, 1.165) is 24.0 Å². The maximum atomic E-state index is 12.4. The Morgan fingerprint density at radius 1 is 1.08 bits per heavy atom. The fourth-order valence-corrected chi connectivity index (χ4v) is 3.92. The quantitative estimate of drug-likeness (QED) is 0.845. The number of benzene rings is 2. The van der Waals surface area contributed by atoms with Crippen molar-refractivity contribution in [1.82, 2.24) is 5.32 Å². The van der Waals surface area contributed by atoms with Crippen molar-refractivity contribution in [3.63, 3.8) is 0 Å². The van der Waals surface area contributed by atoms with Gasteiger partial charge in [-0.2, -0.15) is 0 Å². The molecular weight excluding hydrogens is 348 g/mol. The molecule has 0 aromatic heterocycles. The van der Waals surface area contributed by atoms with E-state index in [1.165, 1.54) is 36.1 Å². The summed E-state index contributed by atoms with van der Waals surface area (Å²) in [5.41, 5.74) is 4.63. The van der Waals surface area contributed by atoms with Gasteiger partial charge in [0.15, 0.2) is 0 Å². The van der Waals surface area contributed by atoms with Gasteiger partial charge in [0.25, 0.3) is 0 Å². The van der Waals surface area contributed by atoms with E-state index in [0.29, 0.717) is 6.42 Å². The minimum Gasteiger partial charge on any atom is -0.349 e. The highest BCUT2D eigenvalue weighted by Crippen LogP contribution is 2.22. The van der Waals surface area contributed by atoms with E-state index in [-0.39, 0.29) is 16.8 Å². The molecule has 6 heteroatoms. The number of fused-ring (bicyclic) bond motifs is 1. The summed E-state index contributed by atoms with van der Waals surface area (Å²) in [5, 5.41) is 8.06. The Bertz CT molecular complexity index is 905. The largest absolute Gasteiger partial charge is 0.349 e. The lowest BCUT2D eigenvalue weighted by atomic mass is 9.90. The van der Waals surface area contributed by atoms with Crippen LogP contribution in [0.4, 0.5) is 0 Å². The van der Waals surface area contributed by atoms with Gasteiger partial charge >= 0.3 is 0 Å². The van der Waals surface area contributed by atoms with Crippen LogP contribution in [0.1, 0.15) is 48.1 Å². The van der Waals surface area contributed by atoms with Crippen LogP contribution in [0.15, 0.2) is 47.4 Å². The van der Waals surface area contributed by atoms with E-state index < -0.39 is 10.0 Å². The highest BCUT2D eigenvalue weighted by atomic mass is 32.2. The van der Waals surface area contributed by atoms with Gasteiger partial charge < -0.3 is 5.32 Å². The number of carbonyl (C=O) groups is 1. The van der Waals surface area contributed by atoms with Crippen LogP contribution in [0.25, 0.3) is 0 Å². The molecule has 0 saturated heterocycles. The van der Waals surface area contributed by atoms with Crippen molar-refractivity contribution in [2.24, 2.45) is 5.14 Å². The van der Waals surface area contributed by atoms with Crippen LogP contribution < -0.4 is 10.5 Å². The zero-order chi connectivity index (χ0) is 18.7. The lowest BCUT2D eigenvalue weighted by Crippen LogP contribution is -2.28. The first-order valence-electron chi connectivity index (χ1n) is 8.86. The van der Waals surface area contributed by atoms with Crippen LogP contribution in [0.2, 0.25) is 0 Å². The Morgan fingerprint density at radius 3 is 2.38 bits per heavy atom. The minimum absolute atomic E-state index is 0.0521. The van der Waals surface area contributed by atoms with Crippen molar-refractivity contribution in [2.45, 2.75) is 50.0 Å². The van der Waals surface area contributed by atoms with Crippen molar-refractivity contribution in [1.29, 1.82) is 0 Å². The summed E-state index contributed by atoms with van der Waals surface area (Å²) in [5.74, 6) is -0.0521. The van der Waals surface area contributed by atoms with E-state index in [9.17, 15) is 13.2 Å². The average molecular weight is 372 g/mol. The third-order valence-electron chi connectivity index (χ3n) is 4.86. The summed E-state index contributed by atoms with van der Waals surface area (Å²) in [4.78, 5) is 12.4. The maximum Gasteiger partial charge on any atom is 0.238 e. The highest BCUT2D eigenvalue weighted by molar-refractivity contribution is 7.89. The van der Waals surface area contributed by atoms with Gasteiger partial charge in [0.2, 0.25) is 15.9 Å². The predicted molar refractivity (Wildman–Crippen MR) is 101 cm³/mol. The van der Waals surface area contributed by atoms with Crippen LogP contribution in [-0.2, 0) is 34.1 Å². The molecule has 1 unspecified atom stereocenters. The number of hydrogen-bond donors (Lipinski definition) is 2. The number of sulfonamides is 1. The topological polar surface area (TPSA) is 89.3 Å². The molecule has 1 atom stereocenters. The smallest absolute Gasteiger partial charge is 0.238 e. The molecule has 0 radical (unpaired) electrons. The highest BCUT2D eigenvalue weighted by Gasteiger charge is 2.14. The van der Waals surface area contributed by atoms with Crippen molar-refractivity contribution in [3.05, 3.63) is 64.7 Å². The fourth-order valence-electron chi connectivity index (χ4n) is 3.40. The van der Waals surface area contributed by atoms with Gasteiger partial charge in [-0.15, -0.1) is 0 Å². The van der Waals surface area contributed by atoms with Crippen molar-refractivity contribution < 1.29 is 13.2 Å². The first-order valence-corrected chi connectivity index (χ1v) is 10.4. The molecule has 5 nitrogen and oxygen atoms in total. The second kappa shape index (κ2) is 7.60. The molecule has 3 rings (SSSR count). The van der Waals surface area contributed by atoms with Gasteiger partial charge in [-0.3, -0.25) is 4.79 Å². The van der Waals surface area contributed by atoms with E-state index in [4.69, 9.17) is 5.14 Å². The average Bonchev–Trinajstić information content (AvgIpc) is 2.61. The molecule has 26 heavy (non-hydrogen) atoms. The number of nitrogens with two attached hydrogens (primary N) is 1. The number of rotatable bonds is 5. The number of amides is 1. The van der Waals surface area contributed by atoms with E-state index >= 15 is 0 Å². The van der Waals surface area contributed by atoms with Crippen LogP contribution in [-0.4, -0.2) is 14.3 Å². The summed E-state index contributed by atoms with van der Waals surface area (Å²) >= 11 is 0. The summed E-state index contributed by atoms with van der Waals surface area (Å²) in [6.07, 6.45) is 5.03. The zero-order valence-electron chi connectivity index (χ0n) is 14.9. The maximum absolute atomic E-state index is 12.4. The zero-order valence-corrected chi connectivity index (χ0v) is 15.7. The third-order valence-corrected chi connectivity index (χ3v) is 5.79. The van der Waals surface area contributed by atoms with Gasteiger partial charge in [0.1, 0.15) is 0 Å². The number of primary sulfonamides is 1. The summed E-state index contributed by atoms with van der Waals surface area (Å²) < 4.78 is 22.6. The Hall–Kier alpha value is -2.18. The first-order chi connectivity index (χ1) is 12.3. The lowest BCUT2D eigenvalue weighted by Gasteiger charge is -2.17. The molecule has 2 aromatic carbocycles. The van der Waals surface area contributed by atoms with E-state index in [1.54, 1.807) is 12.1 Å². The molecule has 0 aliphatic heterocycles. The van der Waals surface area contributed by atoms with Gasteiger partial charge in [-0.25, -0.2) is 13.6 Å². The summed E-state index contributed by atoms with van der Waals surface area (Å²) in [6.45, 7) is 1.87. The molecule has 3 N–H and O–H groups in total.